The van der Waals surface area contributed by atoms with E-state index in [4.69, 9.17) is 9.47 Å². The highest BCUT2D eigenvalue weighted by Crippen LogP contribution is 2.48. The van der Waals surface area contributed by atoms with Gasteiger partial charge in [-0.1, -0.05) is 33.3 Å². The Balaban J connectivity index is 2.44. The van der Waals surface area contributed by atoms with E-state index in [1.54, 1.807) is 14.2 Å². The second kappa shape index (κ2) is 6.27. The van der Waals surface area contributed by atoms with Crippen LogP contribution in [0.4, 0.5) is 0 Å². The van der Waals surface area contributed by atoms with Gasteiger partial charge in [-0.2, -0.15) is 0 Å². The normalized spacial score (nSPS) is 29.5. The third-order valence-electron chi connectivity index (χ3n) is 4.93. The van der Waals surface area contributed by atoms with E-state index in [-0.39, 0.29) is 5.92 Å². The van der Waals surface area contributed by atoms with Crippen LogP contribution >= 0.6 is 0 Å². The van der Waals surface area contributed by atoms with E-state index in [0.717, 1.165) is 18.4 Å². The molecule has 3 nitrogen and oxygen atoms in total. The molecule has 0 radical (unpaired) electrons. The average Bonchev–Trinajstić information content (AvgIpc) is 2.45. The number of rotatable bonds is 4. The Morgan fingerprint density at radius 1 is 1.14 bits per heavy atom. The molecule has 21 heavy (non-hydrogen) atoms. The van der Waals surface area contributed by atoms with E-state index in [0.29, 0.717) is 23.3 Å². The summed E-state index contributed by atoms with van der Waals surface area (Å²) < 4.78 is 10.7. The molecule has 0 aromatic heterocycles. The molecule has 1 aliphatic rings. The Labute approximate surface area is 128 Å². The van der Waals surface area contributed by atoms with Gasteiger partial charge in [0.15, 0.2) is 11.5 Å². The van der Waals surface area contributed by atoms with Crippen molar-refractivity contribution < 1.29 is 14.6 Å². The highest BCUT2D eigenvalue weighted by Gasteiger charge is 2.44. The number of hydrogen-bond donors (Lipinski definition) is 1. The molecule has 3 atom stereocenters. The smallest absolute Gasteiger partial charge is 0.161 e. The van der Waals surface area contributed by atoms with E-state index >= 15 is 0 Å². The van der Waals surface area contributed by atoms with E-state index in [9.17, 15) is 5.11 Å². The predicted octanol–water partition coefficient (Wildman–Crippen LogP) is 3.98. The highest BCUT2D eigenvalue weighted by atomic mass is 16.5. The Bertz CT molecular complexity index is 483. The van der Waals surface area contributed by atoms with Crippen molar-refractivity contribution in [2.45, 2.75) is 45.6 Å². The molecule has 0 aliphatic heterocycles. The first-order valence-corrected chi connectivity index (χ1v) is 7.87. The molecule has 0 saturated heterocycles. The summed E-state index contributed by atoms with van der Waals surface area (Å²) in [5.74, 6) is 2.67. The zero-order valence-corrected chi connectivity index (χ0v) is 13.8. The third kappa shape index (κ3) is 3.03. The van der Waals surface area contributed by atoms with Gasteiger partial charge in [0.2, 0.25) is 0 Å². The van der Waals surface area contributed by atoms with Crippen molar-refractivity contribution in [2.75, 3.05) is 14.2 Å². The summed E-state index contributed by atoms with van der Waals surface area (Å²) in [7, 11) is 3.26. The largest absolute Gasteiger partial charge is 0.493 e. The summed E-state index contributed by atoms with van der Waals surface area (Å²) >= 11 is 0. The summed E-state index contributed by atoms with van der Waals surface area (Å²) in [5, 5.41) is 11.4. The van der Waals surface area contributed by atoms with Crippen molar-refractivity contribution in [1.29, 1.82) is 0 Å². The zero-order valence-electron chi connectivity index (χ0n) is 13.8. The first kappa shape index (κ1) is 16.2. The molecule has 0 spiro atoms. The maximum absolute atomic E-state index is 11.4. The minimum absolute atomic E-state index is 0.284. The lowest BCUT2D eigenvalue weighted by Crippen LogP contribution is -2.43. The van der Waals surface area contributed by atoms with Gasteiger partial charge in [0.1, 0.15) is 0 Å². The van der Waals surface area contributed by atoms with Crippen LogP contribution in [0.1, 0.15) is 45.6 Å². The fourth-order valence-electron chi connectivity index (χ4n) is 3.81. The molecule has 0 bridgehead atoms. The van der Waals surface area contributed by atoms with Crippen molar-refractivity contribution in [1.82, 2.24) is 0 Å². The number of hydrogen-bond acceptors (Lipinski definition) is 3. The van der Waals surface area contributed by atoms with Crippen LogP contribution in [-0.2, 0) is 5.60 Å². The molecule has 3 unspecified atom stereocenters. The van der Waals surface area contributed by atoms with Crippen molar-refractivity contribution >= 4 is 0 Å². The molecular weight excluding hydrogens is 264 g/mol. The molecule has 0 heterocycles. The standard InChI is InChI=1S/C18H28O3/c1-12(2)15-8-6-13(3)11-18(15,19)14-7-9-16(20-4)17(10-14)21-5/h7,9-10,12-13,15,19H,6,8,11H2,1-5H3. The van der Waals surface area contributed by atoms with Crippen LogP contribution in [-0.4, -0.2) is 19.3 Å². The summed E-state index contributed by atoms with van der Waals surface area (Å²) in [6.45, 7) is 6.63. The quantitative estimate of drug-likeness (QED) is 0.912. The van der Waals surface area contributed by atoms with Crippen molar-refractivity contribution in [3.63, 3.8) is 0 Å². The van der Waals surface area contributed by atoms with E-state index < -0.39 is 5.60 Å². The number of benzene rings is 1. The zero-order chi connectivity index (χ0) is 15.6. The molecule has 0 amide bonds. The minimum Gasteiger partial charge on any atom is -0.493 e. The van der Waals surface area contributed by atoms with Crippen LogP contribution in [0.5, 0.6) is 11.5 Å². The molecule has 1 fully saturated rings. The Morgan fingerprint density at radius 3 is 2.38 bits per heavy atom. The van der Waals surface area contributed by atoms with Gasteiger partial charge in [-0.15, -0.1) is 0 Å². The Kier molecular flexibility index (Phi) is 4.82. The average molecular weight is 292 g/mol. The van der Waals surface area contributed by atoms with Crippen molar-refractivity contribution in [3.8, 4) is 11.5 Å². The maximum Gasteiger partial charge on any atom is 0.161 e. The van der Waals surface area contributed by atoms with E-state index in [1.807, 2.05) is 18.2 Å². The predicted molar refractivity (Wildman–Crippen MR) is 84.8 cm³/mol. The highest BCUT2D eigenvalue weighted by molar-refractivity contribution is 5.45. The summed E-state index contributed by atoms with van der Waals surface area (Å²) in [4.78, 5) is 0. The van der Waals surface area contributed by atoms with Crippen LogP contribution in [0.3, 0.4) is 0 Å². The Morgan fingerprint density at radius 2 is 1.81 bits per heavy atom. The van der Waals surface area contributed by atoms with Gasteiger partial charge < -0.3 is 14.6 Å². The molecular formula is C18H28O3. The molecule has 118 valence electrons. The number of methoxy groups -OCH3 is 2. The van der Waals surface area contributed by atoms with Gasteiger partial charge >= 0.3 is 0 Å². The second-order valence-corrected chi connectivity index (χ2v) is 6.73. The molecule has 2 rings (SSSR count). The SMILES string of the molecule is COc1ccc(C2(O)CC(C)CCC2C(C)C)cc1OC. The van der Waals surface area contributed by atoms with Crippen molar-refractivity contribution in [2.24, 2.45) is 17.8 Å². The monoisotopic (exact) mass is 292 g/mol. The lowest BCUT2D eigenvalue weighted by atomic mass is 9.64. The first-order valence-electron chi connectivity index (χ1n) is 7.87. The first-order chi connectivity index (χ1) is 9.92. The minimum atomic E-state index is -0.772. The molecule has 3 heteroatoms. The van der Waals surface area contributed by atoms with Gasteiger partial charge in [0.05, 0.1) is 19.8 Å². The third-order valence-corrected chi connectivity index (χ3v) is 4.93. The van der Waals surface area contributed by atoms with Crippen LogP contribution < -0.4 is 9.47 Å². The lowest BCUT2D eigenvalue weighted by Gasteiger charge is -2.45. The molecule has 1 N–H and O–H groups in total. The summed E-state index contributed by atoms with van der Waals surface area (Å²) in [5.41, 5.74) is 0.177. The van der Waals surface area contributed by atoms with Gasteiger partial charge in [-0.05, 0) is 48.3 Å². The number of aliphatic hydroxyl groups is 1. The molecule has 1 aliphatic carbocycles. The molecule has 1 aromatic rings. The van der Waals surface area contributed by atoms with Crippen LogP contribution in [0.25, 0.3) is 0 Å². The van der Waals surface area contributed by atoms with E-state index in [2.05, 4.69) is 20.8 Å². The van der Waals surface area contributed by atoms with Crippen molar-refractivity contribution in [3.05, 3.63) is 23.8 Å². The second-order valence-electron chi connectivity index (χ2n) is 6.73. The Hall–Kier alpha value is -1.22. The van der Waals surface area contributed by atoms with Gasteiger partial charge in [-0.3, -0.25) is 0 Å². The lowest BCUT2D eigenvalue weighted by molar-refractivity contribution is -0.0866. The van der Waals surface area contributed by atoms with Gasteiger partial charge in [0.25, 0.3) is 0 Å². The van der Waals surface area contributed by atoms with E-state index in [1.165, 1.54) is 6.42 Å². The fourth-order valence-corrected chi connectivity index (χ4v) is 3.81. The summed E-state index contributed by atoms with van der Waals surface area (Å²) in [6.07, 6.45) is 3.08. The van der Waals surface area contributed by atoms with Crippen LogP contribution in [0, 0.1) is 17.8 Å². The molecule has 1 aromatic carbocycles. The van der Waals surface area contributed by atoms with Gasteiger partial charge in [-0.25, -0.2) is 0 Å². The maximum atomic E-state index is 11.4. The van der Waals surface area contributed by atoms with Gasteiger partial charge in [0, 0.05) is 0 Å². The fraction of sp³-hybridized carbons (Fsp3) is 0.667. The summed E-state index contributed by atoms with van der Waals surface area (Å²) in [6, 6.07) is 5.81. The van der Waals surface area contributed by atoms with Crippen LogP contribution in [0.15, 0.2) is 18.2 Å². The molecule has 1 saturated carbocycles. The number of ether oxygens (including phenoxy) is 2. The van der Waals surface area contributed by atoms with Crippen LogP contribution in [0.2, 0.25) is 0 Å². The topological polar surface area (TPSA) is 38.7 Å².